The Morgan fingerprint density at radius 3 is 2.56 bits per heavy atom. The summed E-state index contributed by atoms with van der Waals surface area (Å²) >= 11 is 3.51. The van der Waals surface area contributed by atoms with Crippen molar-refractivity contribution in [3.05, 3.63) is 57.6 Å². The Morgan fingerprint density at radius 1 is 1.11 bits per heavy atom. The molecule has 18 heavy (non-hydrogen) atoms. The summed E-state index contributed by atoms with van der Waals surface area (Å²) in [5.41, 5.74) is 4.32. The van der Waals surface area contributed by atoms with E-state index in [0.717, 1.165) is 12.8 Å². The lowest BCUT2D eigenvalue weighted by Crippen LogP contribution is -1.84. The molecule has 0 saturated heterocycles. The molecule has 0 bridgehead atoms. The minimum Gasteiger partial charge on any atom is -0.0856 e. The van der Waals surface area contributed by atoms with Gasteiger partial charge < -0.3 is 0 Å². The molecule has 1 heteroatoms. The Balaban J connectivity index is 2.33. The number of aryl methyl sites for hydroxylation is 1. The minimum atomic E-state index is 1.12. The van der Waals surface area contributed by atoms with Gasteiger partial charge in [-0.3, -0.25) is 0 Å². The Morgan fingerprint density at radius 2 is 1.89 bits per heavy atom. The third-order valence-electron chi connectivity index (χ3n) is 2.91. The number of benzene rings is 1. The van der Waals surface area contributed by atoms with Gasteiger partial charge in [-0.25, -0.2) is 0 Å². The second-order valence-corrected chi connectivity index (χ2v) is 5.95. The lowest BCUT2D eigenvalue weighted by Gasteiger charge is -2.01. The van der Waals surface area contributed by atoms with Gasteiger partial charge in [-0.15, -0.1) is 0 Å². The first kappa shape index (κ1) is 15.2. The van der Waals surface area contributed by atoms with Gasteiger partial charge in [-0.1, -0.05) is 51.4 Å². The first-order valence-electron chi connectivity index (χ1n) is 6.61. The first-order valence-corrected chi connectivity index (χ1v) is 7.40. The molecular formula is C17H23Br. The monoisotopic (exact) mass is 306 g/mol. The normalized spacial score (nSPS) is 11.4. The molecule has 0 heterocycles. The van der Waals surface area contributed by atoms with E-state index in [0.29, 0.717) is 0 Å². The standard InChI is InChI=1S/C17H23Br/c1-14(2)7-4-8-15(3)9-5-10-16-11-6-12-17(18)13-16/h6-7,9,11-13H,4-5,8,10H2,1-3H3/b15-9+. The van der Waals surface area contributed by atoms with Gasteiger partial charge in [-0.05, 0) is 64.2 Å². The predicted octanol–water partition coefficient (Wildman–Crippen LogP) is 6.07. The Labute approximate surface area is 120 Å². The maximum absolute atomic E-state index is 3.51. The number of allylic oxidation sites excluding steroid dienone is 4. The van der Waals surface area contributed by atoms with Crippen LogP contribution in [0.5, 0.6) is 0 Å². The molecule has 1 rings (SSSR count). The van der Waals surface area contributed by atoms with Crippen LogP contribution in [0.25, 0.3) is 0 Å². The van der Waals surface area contributed by atoms with E-state index in [9.17, 15) is 0 Å². The zero-order valence-electron chi connectivity index (χ0n) is 11.7. The quantitative estimate of drug-likeness (QED) is 0.559. The summed E-state index contributed by atoms with van der Waals surface area (Å²) in [4.78, 5) is 0. The van der Waals surface area contributed by atoms with Crippen LogP contribution >= 0.6 is 15.9 Å². The van der Waals surface area contributed by atoms with Gasteiger partial charge in [-0.2, -0.15) is 0 Å². The summed E-state index contributed by atoms with van der Waals surface area (Å²) in [5, 5.41) is 0. The van der Waals surface area contributed by atoms with Gasteiger partial charge in [0.15, 0.2) is 0 Å². The molecule has 0 atom stereocenters. The molecule has 0 aliphatic carbocycles. The minimum absolute atomic E-state index is 1.12. The molecule has 0 N–H and O–H groups in total. The van der Waals surface area contributed by atoms with Crippen molar-refractivity contribution in [3.8, 4) is 0 Å². The molecular weight excluding hydrogens is 284 g/mol. The third-order valence-corrected chi connectivity index (χ3v) is 3.40. The Bertz CT molecular complexity index is 423. The highest BCUT2D eigenvalue weighted by Gasteiger charge is 1.94. The largest absolute Gasteiger partial charge is 0.0856 e. The molecule has 0 aliphatic rings. The molecule has 0 fully saturated rings. The highest BCUT2D eigenvalue weighted by Crippen LogP contribution is 2.14. The van der Waals surface area contributed by atoms with Gasteiger partial charge in [0.2, 0.25) is 0 Å². The SMILES string of the molecule is CC(C)=CCC/C(C)=C/CCc1cccc(Br)c1. The molecule has 0 radical (unpaired) electrons. The van der Waals surface area contributed by atoms with Crippen molar-refractivity contribution in [1.82, 2.24) is 0 Å². The molecule has 0 aromatic heterocycles. The number of hydrogen-bond donors (Lipinski definition) is 0. The summed E-state index contributed by atoms with van der Waals surface area (Å²) in [7, 11) is 0. The first-order chi connectivity index (χ1) is 8.58. The molecule has 98 valence electrons. The van der Waals surface area contributed by atoms with Crippen LogP contribution in [0.4, 0.5) is 0 Å². The lowest BCUT2D eigenvalue weighted by atomic mass is 10.1. The van der Waals surface area contributed by atoms with Crippen LogP contribution in [0.15, 0.2) is 52.0 Å². The summed E-state index contributed by atoms with van der Waals surface area (Å²) in [6, 6.07) is 8.57. The van der Waals surface area contributed by atoms with E-state index in [2.05, 4.69) is 73.1 Å². The Kier molecular flexibility index (Phi) is 7.04. The maximum Gasteiger partial charge on any atom is 0.0177 e. The van der Waals surface area contributed by atoms with E-state index in [1.165, 1.54) is 34.0 Å². The van der Waals surface area contributed by atoms with Crippen LogP contribution in [0.1, 0.15) is 45.6 Å². The number of hydrogen-bond acceptors (Lipinski definition) is 0. The van der Waals surface area contributed by atoms with Crippen molar-refractivity contribution in [1.29, 1.82) is 0 Å². The van der Waals surface area contributed by atoms with E-state index in [-0.39, 0.29) is 0 Å². The maximum atomic E-state index is 3.51. The fraction of sp³-hybridized carbons (Fsp3) is 0.412. The molecule has 0 nitrogen and oxygen atoms in total. The van der Waals surface area contributed by atoms with Gasteiger partial charge >= 0.3 is 0 Å². The van der Waals surface area contributed by atoms with E-state index in [4.69, 9.17) is 0 Å². The van der Waals surface area contributed by atoms with Gasteiger partial charge in [0.25, 0.3) is 0 Å². The highest BCUT2D eigenvalue weighted by atomic mass is 79.9. The molecule has 0 spiro atoms. The average Bonchev–Trinajstić information content (AvgIpc) is 2.28. The van der Waals surface area contributed by atoms with Crippen molar-refractivity contribution in [3.63, 3.8) is 0 Å². The van der Waals surface area contributed by atoms with E-state index >= 15 is 0 Å². The lowest BCUT2D eigenvalue weighted by molar-refractivity contribution is 0.925. The van der Waals surface area contributed by atoms with Crippen LogP contribution in [0.3, 0.4) is 0 Å². The van der Waals surface area contributed by atoms with E-state index < -0.39 is 0 Å². The smallest absolute Gasteiger partial charge is 0.0177 e. The molecule has 1 aromatic rings. The van der Waals surface area contributed by atoms with E-state index in [1.807, 2.05) is 0 Å². The van der Waals surface area contributed by atoms with Crippen molar-refractivity contribution < 1.29 is 0 Å². The average molecular weight is 307 g/mol. The zero-order valence-corrected chi connectivity index (χ0v) is 13.3. The summed E-state index contributed by atoms with van der Waals surface area (Å²) in [6.07, 6.45) is 9.30. The molecule has 0 unspecified atom stereocenters. The summed E-state index contributed by atoms with van der Waals surface area (Å²) in [6.45, 7) is 6.55. The molecule has 0 amide bonds. The van der Waals surface area contributed by atoms with Gasteiger partial charge in [0, 0.05) is 4.47 Å². The van der Waals surface area contributed by atoms with Crippen LogP contribution in [0, 0.1) is 0 Å². The van der Waals surface area contributed by atoms with Crippen molar-refractivity contribution in [2.75, 3.05) is 0 Å². The molecule has 0 saturated carbocycles. The van der Waals surface area contributed by atoms with E-state index in [1.54, 1.807) is 0 Å². The zero-order chi connectivity index (χ0) is 13.4. The van der Waals surface area contributed by atoms with Crippen LogP contribution < -0.4 is 0 Å². The fourth-order valence-corrected chi connectivity index (χ4v) is 2.31. The predicted molar refractivity (Wildman–Crippen MR) is 84.9 cm³/mol. The second kappa shape index (κ2) is 8.31. The van der Waals surface area contributed by atoms with Crippen LogP contribution in [-0.4, -0.2) is 0 Å². The van der Waals surface area contributed by atoms with Gasteiger partial charge in [0.1, 0.15) is 0 Å². The topological polar surface area (TPSA) is 0 Å². The van der Waals surface area contributed by atoms with Crippen LogP contribution in [-0.2, 0) is 6.42 Å². The highest BCUT2D eigenvalue weighted by molar-refractivity contribution is 9.10. The fourth-order valence-electron chi connectivity index (χ4n) is 1.87. The number of rotatable bonds is 6. The Hall–Kier alpha value is -0.820. The van der Waals surface area contributed by atoms with Gasteiger partial charge in [0.05, 0.1) is 0 Å². The van der Waals surface area contributed by atoms with Crippen LogP contribution in [0.2, 0.25) is 0 Å². The van der Waals surface area contributed by atoms with Crippen molar-refractivity contribution >= 4 is 15.9 Å². The second-order valence-electron chi connectivity index (χ2n) is 5.04. The number of halogens is 1. The third kappa shape index (κ3) is 6.80. The molecule has 1 aromatic carbocycles. The summed E-state index contributed by atoms with van der Waals surface area (Å²) in [5.74, 6) is 0. The summed E-state index contributed by atoms with van der Waals surface area (Å²) < 4.78 is 1.17. The molecule has 0 aliphatic heterocycles. The van der Waals surface area contributed by atoms with Crippen molar-refractivity contribution in [2.24, 2.45) is 0 Å². The van der Waals surface area contributed by atoms with Crippen molar-refractivity contribution in [2.45, 2.75) is 46.5 Å².